The van der Waals surface area contributed by atoms with Gasteiger partial charge in [-0.3, -0.25) is 10.1 Å². The minimum Gasteiger partial charge on any atom is -0.396 e. The Balaban J connectivity index is 2.00. The zero-order chi connectivity index (χ0) is 14.8. The van der Waals surface area contributed by atoms with Crippen molar-refractivity contribution in [2.45, 2.75) is 39.2 Å². The molecule has 0 heterocycles. The highest BCUT2D eigenvalue weighted by molar-refractivity contribution is 5.43. The summed E-state index contributed by atoms with van der Waals surface area (Å²) in [7, 11) is 0. The highest BCUT2D eigenvalue weighted by atomic mass is 16.6. The standard InChI is InChI=1S/C15H22N2O3/c1-11-3-4-13(9-14(11)17(19)20)12(2)16-10-15(5-6-15)7-8-18/h3-4,9,12,16,18H,5-8,10H2,1-2H3. The van der Waals surface area contributed by atoms with Crippen LogP contribution in [0, 0.1) is 22.5 Å². The predicted octanol–water partition coefficient (Wildman–Crippen LogP) is 2.72. The van der Waals surface area contributed by atoms with Gasteiger partial charge in [0.25, 0.3) is 5.69 Å². The van der Waals surface area contributed by atoms with Crippen LogP contribution in [0.15, 0.2) is 18.2 Å². The molecule has 2 N–H and O–H groups in total. The van der Waals surface area contributed by atoms with Gasteiger partial charge in [-0.05, 0) is 44.1 Å². The van der Waals surface area contributed by atoms with Gasteiger partial charge in [-0.15, -0.1) is 0 Å². The number of hydrogen-bond donors (Lipinski definition) is 2. The van der Waals surface area contributed by atoms with Crippen molar-refractivity contribution < 1.29 is 10.0 Å². The van der Waals surface area contributed by atoms with Gasteiger partial charge in [0, 0.05) is 30.8 Å². The van der Waals surface area contributed by atoms with Crippen LogP contribution in [0.1, 0.15) is 43.4 Å². The first kappa shape index (κ1) is 14.9. The largest absolute Gasteiger partial charge is 0.396 e. The molecule has 5 heteroatoms. The van der Waals surface area contributed by atoms with Gasteiger partial charge >= 0.3 is 0 Å². The number of nitrogens with zero attached hydrogens (tertiary/aromatic N) is 1. The molecule has 5 nitrogen and oxygen atoms in total. The summed E-state index contributed by atoms with van der Waals surface area (Å²) in [6, 6.07) is 5.46. The average molecular weight is 278 g/mol. The SMILES string of the molecule is Cc1ccc(C(C)NCC2(CCO)CC2)cc1[N+](=O)[O-]. The van der Waals surface area contributed by atoms with Crippen molar-refractivity contribution >= 4 is 5.69 Å². The number of nitro groups is 1. The summed E-state index contributed by atoms with van der Waals surface area (Å²) < 4.78 is 0. The molecule has 1 saturated carbocycles. The van der Waals surface area contributed by atoms with Crippen molar-refractivity contribution in [1.82, 2.24) is 5.32 Å². The second-order valence-electron chi connectivity index (χ2n) is 5.88. The second-order valence-corrected chi connectivity index (χ2v) is 5.88. The number of hydrogen-bond acceptors (Lipinski definition) is 4. The minimum atomic E-state index is -0.334. The molecule has 0 radical (unpaired) electrons. The normalized spacial score (nSPS) is 17.8. The second kappa shape index (κ2) is 5.89. The molecular formula is C15H22N2O3. The summed E-state index contributed by atoms with van der Waals surface area (Å²) in [6.07, 6.45) is 3.14. The highest BCUT2D eigenvalue weighted by Gasteiger charge is 2.41. The maximum absolute atomic E-state index is 11.0. The lowest BCUT2D eigenvalue weighted by atomic mass is 10.0. The Morgan fingerprint density at radius 1 is 1.50 bits per heavy atom. The van der Waals surface area contributed by atoms with Crippen molar-refractivity contribution in [1.29, 1.82) is 0 Å². The molecule has 0 aliphatic heterocycles. The van der Waals surface area contributed by atoms with Crippen molar-refractivity contribution in [2.24, 2.45) is 5.41 Å². The van der Waals surface area contributed by atoms with Crippen molar-refractivity contribution in [2.75, 3.05) is 13.2 Å². The first-order chi connectivity index (χ1) is 9.47. The maximum Gasteiger partial charge on any atom is 0.272 e. The number of aliphatic hydroxyl groups excluding tert-OH is 1. The van der Waals surface area contributed by atoms with E-state index in [-0.39, 0.29) is 28.7 Å². The van der Waals surface area contributed by atoms with Crippen molar-refractivity contribution in [3.8, 4) is 0 Å². The molecule has 0 aromatic heterocycles. The third-order valence-corrected chi connectivity index (χ3v) is 4.31. The smallest absolute Gasteiger partial charge is 0.272 e. The van der Waals surface area contributed by atoms with E-state index in [1.54, 1.807) is 19.1 Å². The molecule has 110 valence electrons. The fraction of sp³-hybridized carbons (Fsp3) is 0.600. The van der Waals surface area contributed by atoms with Gasteiger partial charge in [-0.2, -0.15) is 0 Å². The zero-order valence-corrected chi connectivity index (χ0v) is 12.1. The molecule has 1 aromatic carbocycles. The minimum absolute atomic E-state index is 0.0745. The van der Waals surface area contributed by atoms with Gasteiger partial charge < -0.3 is 10.4 Å². The van der Waals surface area contributed by atoms with E-state index in [1.807, 2.05) is 13.0 Å². The summed E-state index contributed by atoms with van der Waals surface area (Å²) in [5.74, 6) is 0. The Kier molecular flexibility index (Phi) is 4.40. The van der Waals surface area contributed by atoms with Gasteiger partial charge in [-0.1, -0.05) is 12.1 Å². The van der Waals surface area contributed by atoms with Crippen LogP contribution in [0.2, 0.25) is 0 Å². The number of benzene rings is 1. The molecule has 1 aliphatic rings. The number of nitro benzene ring substituents is 1. The van der Waals surface area contributed by atoms with E-state index in [1.165, 1.54) is 0 Å². The van der Waals surface area contributed by atoms with Crippen LogP contribution in [-0.4, -0.2) is 23.2 Å². The number of rotatable bonds is 7. The third kappa shape index (κ3) is 3.35. The molecule has 1 aliphatic carbocycles. The summed E-state index contributed by atoms with van der Waals surface area (Å²) in [6.45, 7) is 4.85. The van der Waals surface area contributed by atoms with Crippen LogP contribution in [0.4, 0.5) is 5.69 Å². The molecule has 1 unspecified atom stereocenters. The molecule has 0 bridgehead atoms. The van der Waals surface area contributed by atoms with E-state index in [0.717, 1.165) is 31.4 Å². The first-order valence-electron chi connectivity index (χ1n) is 7.07. The highest BCUT2D eigenvalue weighted by Crippen LogP contribution is 2.48. The fourth-order valence-corrected chi connectivity index (χ4v) is 2.51. The zero-order valence-electron chi connectivity index (χ0n) is 12.1. The van der Waals surface area contributed by atoms with E-state index in [0.29, 0.717) is 5.56 Å². The number of aliphatic hydroxyl groups is 1. The molecule has 1 atom stereocenters. The average Bonchev–Trinajstić information content (AvgIpc) is 3.17. The summed E-state index contributed by atoms with van der Waals surface area (Å²) in [5.41, 5.74) is 2.04. The molecule has 1 aromatic rings. The monoisotopic (exact) mass is 278 g/mol. The van der Waals surface area contributed by atoms with Crippen LogP contribution in [0.3, 0.4) is 0 Å². The van der Waals surface area contributed by atoms with Gasteiger partial charge in [0.15, 0.2) is 0 Å². The number of nitrogens with one attached hydrogen (secondary N) is 1. The molecule has 1 fully saturated rings. The van der Waals surface area contributed by atoms with E-state index in [2.05, 4.69) is 5.32 Å². The van der Waals surface area contributed by atoms with Crippen molar-refractivity contribution in [3.05, 3.63) is 39.4 Å². The van der Waals surface area contributed by atoms with Crippen LogP contribution < -0.4 is 5.32 Å². The summed E-state index contributed by atoms with van der Waals surface area (Å²) >= 11 is 0. The molecule has 0 amide bonds. The Labute approximate surface area is 119 Å². The molecular weight excluding hydrogens is 256 g/mol. The van der Waals surface area contributed by atoms with Crippen LogP contribution >= 0.6 is 0 Å². The molecule has 20 heavy (non-hydrogen) atoms. The topological polar surface area (TPSA) is 75.4 Å². The van der Waals surface area contributed by atoms with Crippen molar-refractivity contribution in [3.63, 3.8) is 0 Å². The Bertz CT molecular complexity index is 498. The Hall–Kier alpha value is -1.46. The molecule has 2 rings (SSSR count). The Morgan fingerprint density at radius 2 is 2.20 bits per heavy atom. The number of aryl methyl sites for hydroxylation is 1. The van der Waals surface area contributed by atoms with Gasteiger partial charge in [0.1, 0.15) is 0 Å². The quantitative estimate of drug-likeness (QED) is 0.594. The Morgan fingerprint density at radius 3 is 2.75 bits per heavy atom. The maximum atomic E-state index is 11.0. The van der Waals surface area contributed by atoms with Gasteiger partial charge in [0.2, 0.25) is 0 Å². The lowest BCUT2D eigenvalue weighted by Crippen LogP contribution is -2.27. The lowest BCUT2D eigenvalue weighted by Gasteiger charge is -2.20. The van der Waals surface area contributed by atoms with E-state index >= 15 is 0 Å². The van der Waals surface area contributed by atoms with E-state index < -0.39 is 0 Å². The van der Waals surface area contributed by atoms with Crippen LogP contribution in [-0.2, 0) is 0 Å². The lowest BCUT2D eigenvalue weighted by molar-refractivity contribution is -0.385. The van der Waals surface area contributed by atoms with E-state index in [4.69, 9.17) is 5.11 Å². The van der Waals surface area contributed by atoms with E-state index in [9.17, 15) is 10.1 Å². The fourth-order valence-electron chi connectivity index (χ4n) is 2.51. The third-order valence-electron chi connectivity index (χ3n) is 4.31. The summed E-state index contributed by atoms with van der Waals surface area (Å²) in [5, 5.41) is 23.5. The van der Waals surface area contributed by atoms with Crippen LogP contribution in [0.5, 0.6) is 0 Å². The molecule has 0 spiro atoms. The van der Waals surface area contributed by atoms with Crippen LogP contribution in [0.25, 0.3) is 0 Å². The summed E-state index contributed by atoms with van der Waals surface area (Å²) in [4.78, 5) is 10.6. The molecule has 0 saturated heterocycles. The van der Waals surface area contributed by atoms with Gasteiger partial charge in [-0.25, -0.2) is 0 Å². The van der Waals surface area contributed by atoms with Gasteiger partial charge in [0.05, 0.1) is 4.92 Å². The predicted molar refractivity (Wildman–Crippen MR) is 77.6 cm³/mol. The first-order valence-corrected chi connectivity index (χ1v) is 7.07.